The van der Waals surface area contributed by atoms with Gasteiger partial charge in [-0.05, 0) is 30.7 Å². The first-order valence-corrected chi connectivity index (χ1v) is 6.14. The number of esters is 1. The van der Waals surface area contributed by atoms with E-state index in [0.717, 1.165) is 17.8 Å². The minimum atomic E-state index is -0.383. The summed E-state index contributed by atoms with van der Waals surface area (Å²) < 4.78 is 6.98. The lowest BCUT2D eigenvalue weighted by atomic mass is 10.2. The van der Waals surface area contributed by atoms with Crippen molar-refractivity contribution in [1.29, 1.82) is 0 Å². The maximum Gasteiger partial charge on any atom is 0.338 e. The Morgan fingerprint density at radius 2 is 2.21 bits per heavy atom. The van der Waals surface area contributed by atoms with Gasteiger partial charge in [0.1, 0.15) is 6.61 Å². The minimum absolute atomic E-state index is 0.205. The lowest BCUT2D eigenvalue weighted by molar-refractivity contribution is 0.0463. The fourth-order valence-electron chi connectivity index (χ4n) is 1.77. The number of rotatable bonds is 4. The van der Waals surface area contributed by atoms with E-state index in [1.165, 1.54) is 0 Å². The van der Waals surface area contributed by atoms with Crippen LogP contribution >= 0.6 is 0 Å². The molecule has 0 aliphatic rings. The summed E-state index contributed by atoms with van der Waals surface area (Å²) in [6, 6.07) is 8.67. The van der Waals surface area contributed by atoms with Crippen LogP contribution in [0.5, 0.6) is 0 Å². The predicted octanol–water partition coefficient (Wildman–Crippen LogP) is 1.92. The van der Waals surface area contributed by atoms with Crippen molar-refractivity contribution in [2.45, 2.75) is 20.0 Å². The van der Waals surface area contributed by atoms with Crippen molar-refractivity contribution in [3.63, 3.8) is 0 Å². The van der Waals surface area contributed by atoms with E-state index in [2.05, 4.69) is 5.10 Å². The Hall–Kier alpha value is -2.30. The van der Waals surface area contributed by atoms with Crippen LogP contribution in [-0.4, -0.2) is 15.7 Å². The topological polar surface area (TPSA) is 70.1 Å². The monoisotopic (exact) mass is 259 g/mol. The molecule has 1 heterocycles. The zero-order valence-electron chi connectivity index (χ0n) is 11.1. The molecule has 1 aromatic carbocycles. The fourth-order valence-corrected chi connectivity index (χ4v) is 1.77. The molecule has 0 unspecified atom stereocenters. The predicted molar refractivity (Wildman–Crippen MR) is 72.6 cm³/mol. The van der Waals surface area contributed by atoms with Gasteiger partial charge >= 0.3 is 5.97 Å². The van der Waals surface area contributed by atoms with Crippen LogP contribution in [0.1, 0.15) is 28.7 Å². The molecule has 0 bridgehead atoms. The molecule has 2 aromatic rings. The second-order valence-electron chi connectivity index (χ2n) is 4.31. The van der Waals surface area contributed by atoms with Crippen molar-refractivity contribution < 1.29 is 9.53 Å². The van der Waals surface area contributed by atoms with Crippen molar-refractivity contribution in [1.82, 2.24) is 9.78 Å². The number of ether oxygens (including phenoxy) is 1. The van der Waals surface area contributed by atoms with Gasteiger partial charge in [-0.3, -0.25) is 4.68 Å². The van der Waals surface area contributed by atoms with Gasteiger partial charge in [0.2, 0.25) is 0 Å². The zero-order valence-corrected chi connectivity index (χ0v) is 11.1. The number of anilines is 1. The number of aryl methyl sites for hydroxylation is 2. The van der Waals surface area contributed by atoms with Gasteiger partial charge in [-0.15, -0.1) is 0 Å². The number of nitrogens with zero attached hydrogens (tertiary/aromatic N) is 2. The van der Waals surface area contributed by atoms with Gasteiger partial charge in [0.25, 0.3) is 0 Å². The highest BCUT2D eigenvalue weighted by Gasteiger charge is 2.10. The van der Waals surface area contributed by atoms with Crippen molar-refractivity contribution >= 4 is 11.7 Å². The molecular weight excluding hydrogens is 242 g/mol. The van der Waals surface area contributed by atoms with E-state index in [1.54, 1.807) is 28.9 Å². The maximum absolute atomic E-state index is 11.9. The van der Waals surface area contributed by atoms with Crippen LogP contribution in [0.15, 0.2) is 30.3 Å². The largest absolute Gasteiger partial charge is 0.456 e. The van der Waals surface area contributed by atoms with Gasteiger partial charge < -0.3 is 10.5 Å². The molecule has 0 radical (unpaired) electrons. The zero-order chi connectivity index (χ0) is 13.8. The molecule has 0 amide bonds. The Bertz CT molecular complexity index is 590. The highest BCUT2D eigenvalue weighted by molar-refractivity contribution is 5.90. The number of carbonyl (C=O) groups excluding carboxylic acids is 1. The van der Waals surface area contributed by atoms with Crippen molar-refractivity contribution in [2.24, 2.45) is 7.05 Å². The summed E-state index contributed by atoms with van der Waals surface area (Å²) in [6.45, 7) is 2.24. The molecule has 19 heavy (non-hydrogen) atoms. The average Bonchev–Trinajstić information content (AvgIpc) is 2.76. The Morgan fingerprint density at radius 3 is 2.84 bits per heavy atom. The molecule has 0 atom stereocenters. The second-order valence-corrected chi connectivity index (χ2v) is 4.31. The maximum atomic E-state index is 11.9. The molecule has 0 aliphatic heterocycles. The minimum Gasteiger partial charge on any atom is -0.456 e. The summed E-state index contributed by atoms with van der Waals surface area (Å²) >= 11 is 0. The van der Waals surface area contributed by atoms with Gasteiger partial charge in [-0.25, -0.2) is 4.79 Å². The lowest BCUT2D eigenvalue weighted by Gasteiger charge is -2.05. The number of carbonyl (C=O) groups is 1. The van der Waals surface area contributed by atoms with Crippen LogP contribution in [0.4, 0.5) is 5.69 Å². The first-order valence-electron chi connectivity index (χ1n) is 6.14. The third-order valence-electron chi connectivity index (χ3n) is 2.86. The number of hydrogen-bond donors (Lipinski definition) is 1. The normalized spacial score (nSPS) is 10.4. The Morgan fingerprint density at radius 1 is 1.42 bits per heavy atom. The highest BCUT2D eigenvalue weighted by atomic mass is 16.5. The van der Waals surface area contributed by atoms with Crippen LogP contribution in [0.2, 0.25) is 0 Å². The van der Waals surface area contributed by atoms with E-state index >= 15 is 0 Å². The van der Waals surface area contributed by atoms with E-state index in [1.807, 2.05) is 20.0 Å². The quantitative estimate of drug-likeness (QED) is 0.672. The summed E-state index contributed by atoms with van der Waals surface area (Å²) in [5.74, 6) is -0.383. The summed E-state index contributed by atoms with van der Waals surface area (Å²) in [4.78, 5) is 11.9. The molecule has 0 aliphatic carbocycles. The van der Waals surface area contributed by atoms with E-state index in [9.17, 15) is 4.79 Å². The van der Waals surface area contributed by atoms with Gasteiger partial charge in [-0.1, -0.05) is 13.0 Å². The van der Waals surface area contributed by atoms with Gasteiger partial charge in [0, 0.05) is 12.7 Å². The smallest absolute Gasteiger partial charge is 0.338 e. The van der Waals surface area contributed by atoms with E-state index in [4.69, 9.17) is 10.5 Å². The number of benzene rings is 1. The summed E-state index contributed by atoms with van der Waals surface area (Å²) in [7, 11) is 1.84. The lowest BCUT2D eigenvalue weighted by Crippen LogP contribution is -2.08. The van der Waals surface area contributed by atoms with Gasteiger partial charge in [0.15, 0.2) is 0 Å². The second kappa shape index (κ2) is 5.56. The van der Waals surface area contributed by atoms with Crippen LogP contribution in [0.3, 0.4) is 0 Å². The number of nitrogens with two attached hydrogens (primary N) is 1. The van der Waals surface area contributed by atoms with E-state index < -0.39 is 0 Å². The third-order valence-corrected chi connectivity index (χ3v) is 2.86. The molecule has 1 aromatic heterocycles. The molecule has 0 saturated heterocycles. The Labute approximate surface area is 112 Å². The summed E-state index contributed by atoms with van der Waals surface area (Å²) in [5, 5.41) is 4.30. The molecule has 5 nitrogen and oxygen atoms in total. The van der Waals surface area contributed by atoms with Crippen LogP contribution in [0.25, 0.3) is 0 Å². The molecule has 2 rings (SSSR count). The number of nitrogen functional groups attached to an aromatic ring is 1. The highest BCUT2D eigenvalue weighted by Crippen LogP contribution is 2.10. The third kappa shape index (κ3) is 3.13. The SMILES string of the molecule is CCc1cc(COC(=O)c2cccc(N)c2)n(C)n1. The fraction of sp³-hybridized carbons (Fsp3) is 0.286. The first-order chi connectivity index (χ1) is 9.10. The average molecular weight is 259 g/mol. The number of aromatic nitrogens is 2. The van der Waals surface area contributed by atoms with Gasteiger partial charge in [-0.2, -0.15) is 5.10 Å². The molecule has 0 saturated carbocycles. The van der Waals surface area contributed by atoms with Gasteiger partial charge in [0.05, 0.1) is 17.0 Å². The Balaban J connectivity index is 2.02. The molecule has 0 spiro atoms. The first kappa shape index (κ1) is 13.1. The van der Waals surface area contributed by atoms with Crippen LogP contribution in [0, 0.1) is 0 Å². The summed E-state index contributed by atoms with van der Waals surface area (Å²) in [6.07, 6.45) is 0.858. The summed E-state index contributed by atoms with van der Waals surface area (Å²) in [5.41, 5.74) is 8.48. The molecule has 0 fully saturated rings. The van der Waals surface area contributed by atoms with Crippen molar-refractivity contribution in [3.05, 3.63) is 47.3 Å². The standard InChI is InChI=1S/C14H17N3O2/c1-3-12-8-13(17(2)16-12)9-19-14(18)10-5-4-6-11(15)7-10/h4-8H,3,9,15H2,1-2H3. The van der Waals surface area contributed by atoms with Crippen molar-refractivity contribution in [2.75, 3.05) is 5.73 Å². The number of hydrogen-bond acceptors (Lipinski definition) is 4. The van der Waals surface area contributed by atoms with Crippen LogP contribution < -0.4 is 5.73 Å². The molecular formula is C14H17N3O2. The Kier molecular flexibility index (Phi) is 3.85. The van der Waals surface area contributed by atoms with Crippen molar-refractivity contribution in [3.8, 4) is 0 Å². The van der Waals surface area contributed by atoms with Crippen LogP contribution in [-0.2, 0) is 24.8 Å². The molecule has 5 heteroatoms. The van der Waals surface area contributed by atoms with E-state index in [0.29, 0.717) is 11.3 Å². The van der Waals surface area contributed by atoms with E-state index in [-0.39, 0.29) is 12.6 Å². The molecule has 100 valence electrons. The molecule has 2 N–H and O–H groups in total.